The second-order valence-electron chi connectivity index (χ2n) is 7.21. The fourth-order valence-corrected chi connectivity index (χ4v) is 3.25. The molecule has 0 spiro atoms. The normalized spacial score (nSPS) is 13.5. The molecule has 0 aliphatic carbocycles. The first-order valence-corrected chi connectivity index (χ1v) is 9.29. The summed E-state index contributed by atoms with van der Waals surface area (Å²) in [6.45, 7) is 8.36. The smallest absolute Gasteiger partial charge is 0.126 e. The Morgan fingerprint density at radius 1 is 1.15 bits per heavy atom. The van der Waals surface area contributed by atoms with E-state index >= 15 is 0 Å². The molecule has 0 aliphatic heterocycles. The lowest BCUT2D eigenvalue weighted by atomic mass is 10.2. The SMILES string of the molecule is C#CCOC[C@@H](O)C[NH+](Cc1cccn1Cc1ccccc1)CC(C)C. The minimum absolute atomic E-state index is 0.247. The number of terminal acetylenes is 1. The van der Waals surface area contributed by atoms with Gasteiger partial charge in [0.25, 0.3) is 0 Å². The first kappa shape index (κ1) is 20.3. The van der Waals surface area contributed by atoms with Crippen molar-refractivity contribution in [2.24, 2.45) is 5.92 Å². The minimum Gasteiger partial charge on any atom is -0.385 e. The maximum Gasteiger partial charge on any atom is 0.126 e. The summed E-state index contributed by atoms with van der Waals surface area (Å²) in [5, 5.41) is 10.3. The fraction of sp³-hybridized carbons (Fsp3) is 0.455. The Hall–Kier alpha value is -2.06. The van der Waals surface area contributed by atoms with Gasteiger partial charge in [-0.1, -0.05) is 50.1 Å². The van der Waals surface area contributed by atoms with Crippen LogP contribution in [-0.2, 0) is 17.8 Å². The van der Waals surface area contributed by atoms with E-state index in [1.54, 1.807) is 0 Å². The highest BCUT2D eigenvalue weighted by atomic mass is 16.5. The zero-order chi connectivity index (χ0) is 18.8. The summed E-state index contributed by atoms with van der Waals surface area (Å²) >= 11 is 0. The summed E-state index contributed by atoms with van der Waals surface area (Å²) in [6, 6.07) is 14.7. The number of aromatic nitrogens is 1. The van der Waals surface area contributed by atoms with Crippen molar-refractivity contribution in [1.29, 1.82) is 0 Å². The topological polar surface area (TPSA) is 38.8 Å². The van der Waals surface area contributed by atoms with Crippen molar-refractivity contribution in [3.63, 3.8) is 0 Å². The molecule has 2 N–H and O–H groups in total. The van der Waals surface area contributed by atoms with E-state index in [0.717, 1.165) is 19.6 Å². The average Bonchev–Trinajstić information content (AvgIpc) is 3.02. The number of ether oxygens (including phenoxy) is 1. The maximum atomic E-state index is 10.3. The molecule has 140 valence electrons. The molecule has 0 saturated carbocycles. The van der Waals surface area contributed by atoms with Crippen LogP contribution in [0.4, 0.5) is 0 Å². The molecule has 1 aromatic carbocycles. The van der Waals surface area contributed by atoms with Crippen LogP contribution in [-0.4, -0.2) is 42.1 Å². The lowest BCUT2D eigenvalue weighted by molar-refractivity contribution is -0.920. The van der Waals surface area contributed by atoms with Crippen molar-refractivity contribution in [2.75, 3.05) is 26.3 Å². The van der Waals surface area contributed by atoms with E-state index in [4.69, 9.17) is 11.2 Å². The lowest BCUT2D eigenvalue weighted by Crippen LogP contribution is -3.12. The second-order valence-corrected chi connectivity index (χ2v) is 7.21. The number of hydrogen-bond donors (Lipinski definition) is 2. The van der Waals surface area contributed by atoms with E-state index in [0.29, 0.717) is 12.5 Å². The summed E-state index contributed by atoms with van der Waals surface area (Å²) in [7, 11) is 0. The molecule has 2 atom stereocenters. The third-order valence-electron chi connectivity index (χ3n) is 4.27. The van der Waals surface area contributed by atoms with Crippen LogP contribution >= 0.6 is 0 Å². The highest BCUT2D eigenvalue weighted by molar-refractivity contribution is 5.17. The molecular weight excluding hydrogens is 324 g/mol. The molecule has 26 heavy (non-hydrogen) atoms. The van der Waals surface area contributed by atoms with Gasteiger partial charge in [0.1, 0.15) is 25.8 Å². The molecule has 0 amide bonds. The highest BCUT2D eigenvalue weighted by Gasteiger charge is 2.19. The molecule has 0 fully saturated rings. The van der Waals surface area contributed by atoms with Gasteiger partial charge in [0.15, 0.2) is 0 Å². The number of rotatable bonds is 11. The van der Waals surface area contributed by atoms with Gasteiger partial charge in [-0.3, -0.25) is 0 Å². The summed E-state index contributed by atoms with van der Waals surface area (Å²) in [5.41, 5.74) is 2.57. The van der Waals surface area contributed by atoms with Gasteiger partial charge < -0.3 is 19.3 Å². The number of aliphatic hydroxyl groups is 1. The zero-order valence-electron chi connectivity index (χ0n) is 15.9. The summed E-state index contributed by atoms with van der Waals surface area (Å²) < 4.78 is 7.57. The summed E-state index contributed by atoms with van der Waals surface area (Å²) in [5.74, 6) is 2.99. The van der Waals surface area contributed by atoms with E-state index in [9.17, 15) is 5.11 Å². The van der Waals surface area contributed by atoms with Gasteiger partial charge in [-0.2, -0.15) is 0 Å². The molecule has 0 aliphatic rings. The van der Waals surface area contributed by atoms with Gasteiger partial charge in [0, 0.05) is 18.7 Å². The van der Waals surface area contributed by atoms with Crippen LogP contribution in [0.2, 0.25) is 0 Å². The van der Waals surface area contributed by atoms with Crippen molar-refractivity contribution >= 4 is 0 Å². The van der Waals surface area contributed by atoms with Gasteiger partial charge in [0.2, 0.25) is 0 Å². The first-order valence-electron chi connectivity index (χ1n) is 9.29. The Bertz CT molecular complexity index is 673. The van der Waals surface area contributed by atoms with E-state index < -0.39 is 6.10 Å². The predicted molar refractivity (Wildman–Crippen MR) is 105 cm³/mol. The molecule has 0 radical (unpaired) electrons. The van der Waals surface area contributed by atoms with Crippen molar-refractivity contribution < 1.29 is 14.7 Å². The number of quaternary nitrogens is 1. The Morgan fingerprint density at radius 3 is 2.62 bits per heavy atom. The molecule has 2 rings (SSSR count). The maximum absolute atomic E-state index is 10.3. The van der Waals surface area contributed by atoms with Crippen LogP contribution in [0.1, 0.15) is 25.1 Å². The van der Waals surface area contributed by atoms with Gasteiger partial charge in [-0.15, -0.1) is 6.42 Å². The van der Waals surface area contributed by atoms with E-state index in [-0.39, 0.29) is 13.2 Å². The molecule has 4 heteroatoms. The van der Waals surface area contributed by atoms with Crippen LogP contribution < -0.4 is 4.90 Å². The molecule has 1 aromatic heterocycles. The van der Waals surface area contributed by atoms with Gasteiger partial charge in [0.05, 0.1) is 18.8 Å². The third-order valence-corrected chi connectivity index (χ3v) is 4.27. The first-order chi connectivity index (χ1) is 12.6. The van der Waals surface area contributed by atoms with Crippen molar-refractivity contribution in [2.45, 2.75) is 33.0 Å². The Balaban J connectivity index is 1.99. The van der Waals surface area contributed by atoms with Crippen LogP contribution in [0.15, 0.2) is 48.7 Å². The van der Waals surface area contributed by atoms with Gasteiger partial charge >= 0.3 is 0 Å². The molecule has 1 unspecified atom stereocenters. The van der Waals surface area contributed by atoms with E-state index in [1.165, 1.54) is 16.2 Å². The lowest BCUT2D eigenvalue weighted by Gasteiger charge is -2.24. The van der Waals surface area contributed by atoms with Crippen LogP contribution in [0, 0.1) is 18.3 Å². The summed E-state index contributed by atoms with van der Waals surface area (Å²) in [6.07, 6.45) is 6.81. The van der Waals surface area contributed by atoms with Crippen molar-refractivity contribution in [3.05, 3.63) is 59.9 Å². The van der Waals surface area contributed by atoms with Crippen LogP contribution in [0.3, 0.4) is 0 Å². The Morgan fingerprint density at radius 2 is 1.92 bits per heavy atom. The molecule has 0 bridgehead atoms. The monoisotopic (exact) mass is 355 g/mol. The van der Waals surface area contributed by atoms with E-state index in [1.807, 2.05) is 6.07 Å². The number of nitrogens with zero attached hydrogens (tertiary/aromatic N) is 1. The Kier molecular flexibility index (Phi) is 8.43. The Labute approximate surface area is 157 Å². The molecule has 1 heterocycles. The van der Waals surface area contributed by atoms with Crippen molar-refractivity contribution in [1.82, 2.24) is 4.57 Å². The largest absolute Gasteiger partial charge is 0.385 e. The molecule has 4 nitrogen and oxygen atoms in total. The zero-order valence-corrected chi connectivity index (χ0v) is 15.9. The molecule has 2 aromatic rings. The number of benzene rings is 1. The minimum atomic E-state index is -0.505. The number of nitrogens with one attached hydrogen (secondary N) is 1. The van der Waals surface area contributed by atoms with Gasteiger partial charge in [-0.25, -0.2) is 0 Å². The summed E-state index contributed by atoms with van der Waals surface area (Å²) in [4.78, 5) is 1.35. The number of aliphatic hydroxyl groups excluding tert-OH is 1. The quantitative estimate of drug-likeness (QED) is 0.475. The van der Waals surface area contributed by atoms with E-state index in [2.05, 4.69) is 66.9 Å². The third kappa shape index (κ3) is 7.05. The number of hydrogen-bond acceptors (Lipinski definition) is 2. The highest BCUT2D eigenvalue weighted by Crippen LogP contribution is 2.07. The van der Waals surface area contributed by atoms with Crippen LogP contribution in [0.25, 0.3) is 0 Å². The fourth-order valence-electron chi connectivity index (χ4n) is 3.25. The van der Waals surface area contributed by atoms with Crippen molar-refractivity contribution in [3.8, 4) is 12.3 Å². The standard InChI is InChI=1S/C22H30N2O2/c1-4-13-26-18-22(25)17-23(14-19(2)3)16-21-11-8-12-24(21)15-20-9-6-5-7-10-20/h1,5-12,19,22,25H,13-18H2,2-3H3/p+1/t22-/m0/s1. The average molecular weight is 356 g/mol. The van der Waals surface area contributed by atoms with Crippen LogP contribution in [0.5, 0.6) is 0 Å². The molecular formula is C22H31N2O2+. The molecule has 0 saturated heterocycles. The van der Waals surface area contributed by atoms with Gasteiger partial charge in [-0.05, 0) is 17.7 Å². The predicted octanol–water partition coefficient (Wildman–Crippen LogP) is 1.59. The second kappa shape index (κ2) is 10.8.